The van der Waals surface area contributed by atoms with Crippen molar-refractivity contribution in [1.82, 2.24) is 4.90 Å². The molecule has 20 heavy (non-hydrogen) atoms. The van der Waals surface area contributed by atoms with Crippen LogP contribution in [0.3, 0.4) is 0 Å². The highest BCUT2D eigenvalue weighted by molar-refractivity contribution is 5.76. The van der Waals surface area contributed by atoms with Crippen molar-refractivity contribution in [2.24, 2.45) is 11.7 Å². The van der Waals surface area contributed by atoms with E-state index in [0.717, 1.165) is 12.1 Å². The number of hydrogen-bond acceptors (Lipinski definition) is 2. The summed E-state index contributed by atoms with van der Waals surface area (Å²) in [5.41, 5.74) is 6.46. The van der Waals surface area contributed by atoms with Crippen molar-refractivity contribution in [2.75, 3.05) is 6.54 Å². The summed E-state index contributed by atoms with van der Waals surface area (Å²) in [6.45, 7) is 6.53. The summed E-state index contributed by atoms with van der Waals surface area (Å²) in [5, 5.41) is 0. The molecule has 0 aliphatic carbocycles. The Balaban J connectivity index is 2.71. The average molecular weight is 284 g/mol. The van der Waals surface area contributed by atoms with Gasteiger partial charge in [-0.15, -0.1) is 0 Å². The Kier molecular flexibility index (Phi) is 6.07. The van der Waals surface area contributed by atoms with E-state index in [-0.39, 0.29) is 30.8 Å². The summed E-state index contributed by atoms with van der Waals surface area (Å²) in [6.07, 6.45) is 0.259. The number of nitrogens with two attached hydrogens (primary N) is 1. The molecule has 0 aliphatic heterocycles. The van der Waals surface area contributed by atoms with Crippen molar-refractivity contribution in [3.8, 4) is 0 Å². The van der Waals surface area contributed by atoms with Gasteiger partial charge in [-0.3, -0.25) is 4.79 Å². The van der Waals surface area contributed by atoms with Crippen LogP contribution in [0.5, 0.6) is 0 Å². The number of carbonyl (C=O) groups excluding carboxylic acids is 1. The predicted octanol–water partition coefficient (Wildman–Crippen LogP) is 2.69. The highest BCUT2D eigenvalue weighted by atomic mass is 19.2. The van der Waals surface area contributed by atoms with Crippen LogP contribution < -0.4 is 5.73 Å². The van der Waals surface area contributed by atoms with Gasteiger partial charge in [0.1, 0.15) is 0 Å². The Hall–Kier alpha value is -1.49. The minimum atomic E-state index is -0.898. The van der Waals surface area contributed by atoms with Crippen LogP contribution >= 0.6 is 0 Å². The summed E-state index contributed by atoms with van der Waals surface area (Å²) in [7, 11) is 0. The molecule has 1 aromatic carbocycles. The standard InChI is InChI=1S/C15H22F2N2O/c1-4-19(15(20)8-14(18)10(2)3)9-11-5-6-12(16)13(17)7-11/h5-7,10,14H,4,8-9,18H2,1-3H3. The van der Waals surface area contributed by atoms with Crippen LogP contribution in [-0.4, -0.2) is 23.4 Å². The van der Waals surface area contributed by atoms with Crippen LogP contribution in [-0.2, 0) is 11.3 Å². The second kappa shape index (κ2) is 7.33. The Morgan fingerprint density at radius 3 is 2.45 bits per heavy atom. The van der Waals surface area contributed by atoms with Crippen LogP contribution in [0, 0.1) is 17.6 Å². The first-order chi connectivity index (χ1) is 9.35. The van der Waals surface area contributed by atoms with Crippen molar-refractivity contribution in [2.45, 2.75) is 39.8 Å². The van der Waals surface area contributed by atoms with Gasteiger partial charge in [-0.05, 0) is 30.5 Å². The summed E-state index contributed by atoms with van der Waals surface area (Å²) in [6, 6.07) is 3.48. The number of amides is 1. The van der Waals surface area contributed by atoms with Gasteiger partial charge < -0.3 is 10.6 Å². The molecule has 1 atom stereocenters. The first-order valence-electron chi connectivity index (χ1n) is 6.82. The molecule has 5 heteroatoms. The molecule has 0 fully saturated rings. The van der Waals surface area contributed by atoms with Gasteiger partial charge in [0, 0.05) is 25.6 Å². The van der Waals surface area contributed by atoms with Crippen molar-refractivity contribution in [3.63, 3.8) is 0 Å². The van der Waals surface area contributed by atoms with Gasteiger partial charge >= 0.3 is 0 Å². The largest absolute Gasteiger partial charge is 0.339 e. The molecule has 1 amide bonds. The summed E-state index contributed by atoms with van der Waals surface area (Å²) < 4.78 is 26.0. The fourth-order valence-electron chi connectivity index (χ4n) is 1.80. The monoisotopic (exact) mass is 284 g/mol. The molecule has 1 aromatic rings. The van der Waals surface area contributed by atoms with Gasteiger partial charge in [0.05, 0.1) is 0 Å². The number of hydrogen-bond donors (Lipinski definition) is 1. The minimum absolute atomic E-state index is 0.0709. The lowest BCUT2D eigenvalue weighted by Crippen LogP contribution is -2.37. The molecule has 0 heterocycles. The number of carbonyl (C=O) groups is 1. The fraction of sp³-hybridized carbons (Fsp3) is 0.533. The van der Waals surface area contributed by atoms with Crippen LogP contribution in [0.4, 0.5) is 8.78 Å². The Bertz CT molecular complexity index is 463. The molecule has 0 saturated carbocycles. The molecule has 1 rings (SSSR count). The number of benzene rings is 1. The first kappa shape index (κ1) is 16.6. The number of nitrogens with zero attached hydrogens (tertiary/aromatic N) is 1. The third-order valence-electron chi connectivity index (χ3n) is 3.36. The van der Waals surface area contributed by atoms with Crippen molar-refractivity contribution in [1.29, 1.82) is 0 Å². The normalized spacial score (nSPS) is 12.6. The molecule has 0 spiro atoms. The van der Waals surface area contributed by atoms with E-state index in [2.05, 4.69) is 0 Å². The van der Waals surface area contributed by atoms with E-state index in [1.54, 1.807) is 4.90 Å². The van der Waals surface area contributed by atoms with Gasteiger partial charge in [-0.1, -0.05) is 19.9 Å². The van der Waals surface area contributed by atoms with E-state index in [1.807, 2.05) is 20.8 Å². The molecular weight excluding hydrogens is 262 g/mol. The third kappa shape index (κ3) is 4.56. The lowest BCUT2D eigenvalue weighted by atomic mass is 10.0. The lowest BCUT2D eigenvalue weighted by Gasteiger charge is -2.24. The van der Waals surface area contributed by atoms with Gasteiger partial charge in [-0.25, -0.2) is 8.78 Å². The van der Waals surface area contributed by atoms with Gasteiger partial charge in [0.2, 0.25) is 5.91 Å². The van der Waals surface area contributed by atoms with Gasteiger partial charge in [-0.2, -0.15) is 0 Å². The predicted molar refractivity (Wildman–Crippen MR) is 74.9 cm³/mol. The molecule has 0 aliphatic rings. The molecule has 3 nitrogen and oxygen atoms in total. The minimum Gasteiger partial charge on any atom is -0.339 e. The van der Waals surface area contributed by atoms with Crippen LogP contribution in [0.25, 0.3) is 0 Å². The summed E-state index contributed by atoms with van der Waals surface area (Å²) >= 11 is 0. The number of halogens is 2. The van der Waals surface area contributed by atoms with E-state index in [4.69, 9.17) is 5.73 Å². The maximum absolute atomic E-state index is 13.2. The molecular formula is C15H22F2N2O. The Morgan fingerprint density at radius 2 is 1.95 bits per heavy atom. The van der Waals surface area contributed by atoms with E-state index in [9.17, 15) is 13.6 Å². The Morgan fingerprint density at radius 1 is 1.30 bits per heavy atom. The lowest BCUT2D eigenvalue weighted by molar-refractivity contribution is -0.132. The van der Waals surface area contributed by atoms with E-state index < -0.39 is 11.6 Å². The zero-order chi connectivity index (χ0) is 15.3. The molecule has 1 unspecified atom stereocenters. The molecule has 112 valence electrons. The SMILES string of the molecule is CCN(Cc1ccc(F)c(F)c1)C(=O)CC(N)C(C)C. The number of rotatable bonds is 6. The molecule has 0 saturated heterocycles. The molecule has 0 bridgehead atoms. The second-order valence-corrected chi connectivity index (χ2v) is 5.27. The van der Waals surface area contributed by atoms with Crippen molar-refractivity contribution in [3.05, 3.63) is 35.4 Å². The fourth-order valence-corrected chi connectivity index (χ4v) is 1.80. The molecule has 0 radical (unpaired) electrons. The second-order valence-electron chi connectivity index (χ2n) is 5.27. The maximum Gasteiger partial charge on any atom is 0.224 e. The van der Waals surface area contributed by atoms with E-state index >= 15 is 0 Å². The van der Waals surface area contributed by atoms with Gasteiger partial charge in [0.25, 0.3) is 0 Å². The quantitative estimate of drug-likeness (QED) is 0.873. The van der Waals surface area contributed by atoms with Crippen molar-refractivity contribution < 1.29 is 13.6 Å². The van der Waals surface area contributed by atoms with Crippen molar-refractivity contribution >= 4 is 5.91 Å². The molecule has 2 N–H and O–H groups in total. The summed E-state index contributed by atoms with van der Waals surface area (Å²) in [5.74, 6) is -1.63. The maximum atomic E-state index is 13.2. The third-order valence-corrected chi connectivity index (χ3v) is 3.36. The zero-order valence-electron chi connectivity index (χ0n) is 12.2. The molecule has 0 aromatic heterocycles. The topological polar surface area (TPSA) is 46.3 Å². The summed E-state index contributed by atoms with van der Waals surface area (Å²) in [4.78, 5) is 13.7. The smallest absolute Gasteiger partial charge is 0.224 e. The highest BCUT2D eigenvalue weighted by Crippen LogP contribution is 2.13. The van der Waals surface area contributed by atoms with Crippen LogP contribution in [0.15, 0.2) is 18.2 Å². The van der Waals surface area contributed by atoms with E-state index in [1.165, 1.54) is 6.07 Å². The van der Waals surface area contributed by atoms with E-state index in [0.29, 0.717) is 12.1 Å². The van der Waals surface area contributed by atoms with Gasteiger partial charge in [0.15, 0.2) is 11.6 Å². The average Bonchev–Trinajstić information content (AvgIpc) is 2.39. The highest BCUT2D eigenvalue weighted by Gasteiger charge is 2.18. The Labute approximate surface area is 118 Å². The van der Waals surface area contributed by atoms with Crippen LogP contribution in [0.1, 0.15) is 32.8 Å². The first-order valence-corrected chi connectivity index (χ1v) is 6.82. The zero-order valence-corrected chi connectivity index (χ0v) is 12.2. The van der Waals surface area contributed by atoms with Crippen LogP contribution in [0.2, 0.25) is 0 Å².